The van der Waals surface area contributed by atoms with Crippen LogP contribution in [-0.2, 0) is 10.0 Å². The molecule has 0 atom stereocenters. The SMILES string of the molecule is CCNCC1CCN(C(=O)c2cc(C)ccc2NS(C)(=O)=O)CC1. The summed E-state index contributed by atoms with van der Waals surface area (Å²) < 4.78 is 25.5. The van der Waals surface area contributed by atoms with E-state index in [0.29, 0.717) is 30.3 Å². The van der Waals surface area contributed by atoms with Gasteiger partial charge in [0.15, 0.2) is 0 Å². The molecule has 134 valence electrons. The number of amides is 1. The van der Waals surface area contributed by atoms with Crippen molar-refractivity contribution in [2.75, 3.05) is 37.2 Å². The maximum absolute atomic E-state index is 12.9. The van der Waals surface area contributed by atoms with Crippen LogP contribution in [0.25, 0.3) is 0 Å². The summed E-state index contributed by atoms with van der Waals surface area (Å²) in [6.07, 6.45) is 3.03. The van der Waals surface area contributed by atoms with Crippen LogP contribution in [0, 0.1) is 12.8 Å². The van der Waals surface area contributed by atoms with Crippen molar-refractivity contribution < 1.29 is 13.2 Å². The molecule has 1 aromatic rings. The van der Waals surface area contributed by atoms with Gasteiger partial charge in [0.2, 0.25) is 10.0 Å². The van der Waals surface area contributed by atoms with E-state index >= 15 is 0 Å². The van der Waals surface area contributed by atoms with Crippen molar-refractivity contribution in [1.82, 2.24) is 10.2 Å². The van der Waals surface area contributed by atoms with Crippen molar-refractivity contribution in [2.45, 2.75) is 26.7 Å². The summed E-state index contributed by atoms with van der Waals surface area (Å²) in [5, 5.41) is 3.36. The molecule has 0 bridgehead atoms. The fourth-order valence-corrected chi connectivity index (χ4v) is 3.56. The van der Waals surface area contributed by atoms with Gasteiger partial charge < -0.3 is 10.2 Å². The average Bonchev–Trinajstić information content (AvgIpc) is 2.53. The van der Waals surface area contributed by atoms with Gasteiger partial charge >= 0.3 is 0 Å². The molecule has 1 aliphatic heterocycles. The lowest BCUT2D eigenvalue weighted by molar-refractivity contribution is 0.0691. The second kappa shape index (κ2) is 7.98. The van der Waals surface area contributed by atoms with Crippen molar-refractivity contribution >= 4 is 21.6 Å². The van der Waals surface area contributed by atoms with Crippen LogP contribution in [0.15, 0.2) is 18.2 Å². The molecule has 0 radical (unpaired) electrons. The number of anilines is 1. The molecular formula is C17H27N3O3S. The highest BCUT2D eigenvalue weighted by Gasteiger charge is 2.25. The van der Waals surface area contributed by atoms with Crippen molar-refractivity contribution in [3.63, 3.8) is 0 Å². The molecule has 0 spiro atoms. The van der Waals surface area contributed by atoms with Crippen LogP contribution in [-0.4, -0.2) is 51.7 Å². The van der Waals surface area contributed by atoms with Crippen molar-refractivity contribution in [2.24, 2.45) is 5.92 Å². The number of nitrogens with one attached hydrogen (secondary N) is 2. The first-order chi connectivity index (χ1) is 11.3. The van der Waals surface area contributed by atoms with Crippen LogP contribution in [0.5, 0.6) is 0 Å². The van der Waals surface area contributed by atoms with E-state index < -0.39 is 10.0 Å². The molecule has 24 heavy (non-hydrogen) atoms. The molecule has 2 N–H and O–H groups in total. The minimum Gasteiger partial charge on any atom is -0.339 e. The number of aryl methyl sites for hydroxylation is 1. The lowest BCUT2D eigenvalue weighted by Crippen LogP contribution is -2.41. The topological polar surface area (TPSA) is 78.5 Å². The monoisotopic (exact) mass is 353 g/mol. The second-order valence-electron chi connectivity index (χ2n) is 6.47. The Balaban J connectivity index is 2.11. The molecule has 0 aromatic heterocycles. The molecule has 1 aliphatic rings. The highest BCUT2D eigenvalue weighted by Crippen LogP contribution is 2.24. The molecule has 1 saturated heterocycles. The van der Waals surface area contributed by atoms with Gasteiger partial charge in [0.05, 0.1) is 17.5 Å². The standard InChI is InChI=1S/C17H27N3O3S/c1-4-18-12-14-7-9-20(10-8-14)17(21)15-11-13(2)5-6-16(15)19-24(3,22)23/h5-6,11,14,18-19H,4,7-10,12H2,1-3H3. The summed E-state index contributed by atoms with van der Waals surface area (Å²) >= 11 is 0. The van der Waals surface area contributed by atoms with E-state index in [9.17, 15) is 13.2 Å². The van der Waals surface area contributed by atoms with Gasteiger partial charge in [-0.25, -0.2) is 8.42 Å². The predicted molar refractivity (Wildman–Crippen MR) is 96.8 cm³/mol. The molecular weight excluding hydrogens is 326 g/mol. The summed E-state index contributed by atoms with van der Waals surface area (Å²) in [6.45, 7) is 7.35. The first-order valence-electron chi connectivity index (χ1n) is 8.38. The van der Waals surface area contributed by atoms with Gasteiger partial charge in [-0.2, -0.15) is 0 Å². The first-order valence-corrected chi connectivity index (χ1v) is 10.3. The Kier molecular flexibility index (Phi) is 6.23. The molecule has 1 fully saturated rings. The quantitative estimate of drug-likeness (QED) is 0.818. The normalized spacial score (nSPS) is 16.2. The van der Waals surface area contributed by atoms with E-state index in [1.165, 1.54) is 0 Å². The minimum absolute atomic E-state index is 0.105. The summed E-state index contributed by atoms with van der Waals surface area (Å²) in [7, 11) is -3.42. The Morgan fingerprint density at radius 2 is 1.96 bits per heavy atom. The first kappa shape index (κ1) is 18.7. The van der Waals surface area contributed by atoms with Crippen LogP contribution < -0.4 is 10.0 Å². The number of hydrogen-bond acceptors (Lipinski definition) is 4. The molecule has 1 heterocycles. The molecule has 7 heteroatoms. The van der Waals surface area contributed by atoms with Gasteiger partial charge in [-0.05, 0) is 50.9 Å². The predicted octanol–water partition coefficient (Wildman–Crippen LogP) is 1.83. The third-order valence-electron chi connectivity index (χ3n) is 4.29. The lowest BCUT2D eigenvalue weighted by Gasteiger charge is -2.32. The number of benzene rings is 1. The van der Waals surface area contributed by atoms with Gasteiger partial charge in [0.1, 0.15) is 0 Å². The number of rotatable bonds is 6. The highest BCUT2D eigenvalue weighted by molar-refractivity contribution is 7.92. The minimum atomic E-state index is -3.42. The zero-order chi connectivity index (χ0) is 17.7. The summed E-state index contributed by atoms with van der Waals surface area (Å²) in [4.78, 5) is 14.7. The van der Waals surface area contributed by atoms with E-state index in [1.807, 2.05) is 11.8 Å². The third-order valence-corrected chi connectivity index (χ3v) is 4.88. The molecule has 0 aliphatic carbocycles. The Labute approximate surface area is 144 Å². The molecule has 2 rings (SSSR count). The number of hydrogen-bond donors (Lipinski definition) is 2. The van der Waals surface area contributed by atoms with Crippen LogP contribution in [0.1, 0.15) is 35.7 Å². The van der Waals surface area contributed by atoms with Crippen molar-refractivity contribution in [3.8, 4) is 0 Å². The summed E-state index contributed by atoms with van der Waals surface area (Å²) in [5.74, 6) is 0.492. The maximum atomic E-state index is 12.9. The number of sulfonamides is 1. The molecule has 1 amide bonds. The van der Waals surface area contributed by atoms with Gasteiger partial charge in [-0.15, -0.1) is 0 Å². The summed E-state index contributed by atoms with van der Waals surface area (Å²) in [6, 6.07) is 5.20. The number of likely N-dealkylation sites (tertiary alicyclic amines) is 1. The lowest BCUT2D eigenvalue weighted by atomic mass is 9.96. The molecule has 0 unspecified atom stereocenters. The van der Waals surface area contributed by atoms with Gasteiger partial charge in [-0.3, -0.25) is 9.52 Å². The van der Waals surface area contributed by atoms with E-state index in [2.05, 4.69) is 17.0 Å². The molecule has 6 nitrogen and oxygen atoms in total. The van der Waals surface area contributed by atoms with Crippen LogP contribution in [0.4, 0.5) is 5.69 Å². The maximum Gasteiger partial charge on any atom is 0.255 e. The second-order valence-corrected chi connectivity index (χ2v) is 8.21. The Morgan fingerprint density at radius 3 is 2.54 bits per heavy atom. The van der Waals surface area contributed by atoms with Crippen LogP contribution in [0.3, 0.4) is 0 Å². The van der Waals surface area contributed by atoms with E-state index in [0.717, 1.165) is 37.8 Å². The molecule has 1 aromatic carbocycles. The third kappa shape index (κ3) is 5.21. The zero-order valence-electron chi connectivity index (χ0n) is 14.6. The Bertz CT molecular complexity index is 680. The van der Waals surface area contributed by atoms with Gasteiger partial charge in [0, 0.05) is 13.1 Å². The van der Waals surface area contributed by atoms with Gasteiger partial charge in [-0.1, -0.05) is 18.6 Å². The van der Waals surface area contributed by atoms with E-state index in [-0.39, 0.29) is 5.91 Å². The number of nitrogens with zero attached hydrogens (tertiary/aromatic N) is 1. The summed E-state index contributed by atoms with van der Waals surface area (Å²) in [5.41, 5.74) is 1.70. The number of piperidine rings is 1. The van der Waals surface area contributed by atoms with E-state index in [1.54, 1.807) is 18.2 Å². The zero-order valence-corrected chi connectivity index (χ0v) is 15.4. The van der Waals surface area contributed by atoms with E-state index in [4.69, 9.17) is 0 Å². The highest BCUT2D eigenvalue weighted by atomic mass is 32.2. The van der Waals surface area contributed by atoms with Crippen LogP contribution in [0.2, 0.25) is 0 Å². The largest absolute Gasteiger partial charge is 0.339 e. The number of carbonyl (C=O) groups is 1. The number of carbonyl (C=O) groups excluding carboxylic acids is 1. The van der Waals surface area contributed by atoms with Gasteiger partial charge in [0.25, 0.3) is 5.91 Å². The van der Waals surface area contributed by atoms with Crippen molar-refractivity contribution in [3.05, 3.63) is 29.3 Å². The fraction of sp³-hybridized carbons (Fsp3) is 0.588. The van der Waals surface area contributed by atoms with Crippen LogP contribution >= 0.6 is 0 Å². The molecule has 0 saturated carbocycles. The average molecular weight is 353 g/mol. The smallest absolute Gasteiger partial charge is 0.255 e. The van der Waals surface area contributed by atoms with Crippen molar-refractivity contribution in [1.29, 1.82) is 0 Å². The Hall–Kier alpha value is -1.60. The fourth-order valence-electron chi connectivity index (χ4n) is 2.98. The Morgan fingerprint density at radius 1 is 1.29 bits per heavy atom.